The second-order valence-corrected chi connectivity index (χ2v) is 7.08. The maximum atomic E-state index is 13.7. The van der Waals surface area contributed by atoms with Crippen LogP contribution in [0.25, 0.3) is 0 Å². The summed E-state index contributed by atoms with van der Waals surface area (Å²) in [6.07, 6.45) is 2.51. The average Bonchev–Trinajstić information content (AvgIpc) is 2.73. The summed E-state index contributed by atoms with van der Waals surface area (Å²) in [6, 6.07) is 2.96. The molecule has 0 saturated carbocycles. The predicted octanol–water partition coefficient (Wildman–Crippen LogP) is 1.46. The van der Waals surface area contributed by atoms with E-state index in [0.29, 0.717) is 25.7 Å². The fraction of sp³-hybridized carbons (Fsp3) is 0.476. The van der Waals surface area contributed by atoms with Crippen LogP contribution < -0.4 is 11.5 Å². The Kier molecular flexibility index (Phi) is 9.54. The van der Waals surface area contributed by atoms with Crippen LogP contribution in [0.2, 0.25) is 0 Å². The molecule has 0 aliphatic carbocycles. The van der Waals surface area contributed by atoms with Crippen molar-refractivity contribution >= 4 is 17.6 Å². The number of carbonyl (C=O) groups is 2. The van der Waals surface area contributed by atoms with Gasteiger partial charge < -0.3 is 26.0 Å². The van der Waals surface area contributed by atoms with E-state index in [4.69, 9.17) is 26.0 Å². The van der Waals surface area contributed by atoms with Crippen LogP contribution in [-0.4, -0.2) is 55.7 Å². The number of amidine groups is 1. The molecule has 1 aliphatic rings. The summed E-state index contributed by atoms with van der Waals surface area (Å²) in [5, 5.41) is 9.13. The first kappa shape index (κ1) is 24.4. The van der Waals surface area contributed by atoms with Gasteiger partial charge in [-0.15, -0.1) is 0 Å². The van der Waals surface area contributed by atoms with Crippen LogP contribution in [0, 0.1) is 17.6 Å². The molecule has 31 heavy (non-hydrogen) atoms. The Balaban J connectivity index is 2.06. The lowest BCUT2D eigenvalue weighted by molar-refractivity contribution is -0.137. The standard InChI is InChI=1S/C21H27F2N3O5/c22-14-2-1-3-15(23)18(14)17(28)12-31-21(29)19(16(24)5-9-27)20(25)26-8-4-13-6-10-30-11-7-13/h1-3,13,27H,4-12,24H2,(H2,25,26). The van der Waals surface area contributed by atoms with Gasteiger partial charge in [0, 0.05) is 38.5 Å². The fourth-order valence-electron chi connectivity index (χ4n) is 3.17. The molecule has 8 nitrogen and oxygen atoms in total. The zero-order valence-corrected chi connectivity index (χ0v) is 17.1. The molecule has 0 radical (unpaired) electrons. The Hall–Kier alpha value is -2.85. The maximum Gasteiger partial charge on any atom is 0.344 e. The first-order valence-electron chi connectivity index (χ1n) is 9.97. The van der Waals surface area contributed by atoms with E-state index in [9.17, 15) is 18.4 Å². The number of rotatable bonds is 10. The molecular weight excluding hydrogens is 412 g/mol. The van der Waals surface area contributed by atoms with Crippen molar-refractivity contribution in [2.45, 2.75) is 25.7 Å². The van der Waals surface area contributed by atoms with E-state index in [1.807, 2.05) is 0 Å². The number of Topliss-reactive ketones (excluding diaryl/α,β-unsaturated/α-hetero) is 1. The fourth-order valence-corrected chi connectivity index (χ4v) is 3.17. The number of carbonyl (C=O) groups excluding carboxylic acids is 2. The van der Waals surface area contributed by atoms with Gasteiger partial charge in [-0.25, -0.2) is 13.6 Å². The predicted molar refractivity (Wildman–Crippen MR) is 109 cm³/mol. The Bertz CT molecular complexity index is 831. The number of nitrogens with two attached hydrogens (primary N) is 2. The summed E-state index contributed by atoms with van der Waals surface area (Å²) in [6.45, 7) is 0.473. The van der Waals surface area contributed by atoms with Crippen LogP contribution in [0.4, 0.5) is 8.78 Å². The van der Waals surface area contributed by atoms with Crippen molar-refractivity contribution in [2.24, 2.45) is 22.4 Å². The number of ether oxygens (including phenoxy) is 2. The SMILES string of the molecule is NC(=NCCC1CCOCC1)C(C(=O)OCC(=O)c1c(F)cccc1F)=C(N)CCO. The van der Waals surface area contributed by atoms with Crippen molar-refractivity contribution in [3.63, 3.8) is 0 Å². The van der Waals surface area contributed by atoms with Crippen molar-refractivity contribution in [2.75, 3.05) is 33.0 Å². The summed E-state index contributed by atoms with van der Waals surface area (Å²) in [5.74, 6) is -4.00. The molecule has 1 heterocycles. The van der Waals surface area contributed by atoms with Gasteiger partial charge in [0.05, 0.1) is 5.56 Å². The summed E-state index contributed by atoms with van der Waals surface area (Å²) in [4.78, 5) is 28.8. The quantitative estimate of drug-likeness (QED) is 0.165. The van der Waals surface area contributed by atoms with E-state index in [0.717, 1.165) is 37.5 Å². The number of aliphatic imine (C=N–C) groups is 1. The van der Waals surface area contributed by atoms with Gasteiger partial charge in [-0.2, -0.15) is 0 Å². The zero-order valence-electron chi connectivity index (χ0n) is 17.1. The van der Waals surface area contributed by atoms with E-state index in [-0.39, 0.29) is 30.1 Å². The monoisotopic (exact) mass is 439 g/mol. The Labute approximate surface area is 178 Å². The second-order valence-electron chi connectivity index (χ2n) is 7.08. The van der Waals surface area contributed by atoms with Gasteiger partial charge in [-0.3, -0.25) is 9.79 Å². The highest BCUT2D eigenvalue weighted by Crippen LogP contribution is 2.18. The molecule has 0 bridgehead atoms. The minimum atomic E-state index is -1.07. The van der Waals surface area contributed by atoms with Gasteiger partial charge in [-0.05, 0) is 37.3 Å². The van der Waals surface area contributed by atoms with E-state index in [2.05, 4.69) is 4.99 Å². The number of aliphatic hydroxyl groups is 1. The average molecular weight is 439 g/mol. The van der Waals surface area contributed by atoms with E-state index in [1.165, 1.54) is 0 Å². The van der Waals surface area contributed by atoms with Crippen LogP contribution in [0.3, 0.4) is 0 Å². The number of halogens is 2. The molecule has 2 rings (SSSR count). The molecule has 1 fully saturated rings. The molecule has 1 aliphatic heterocycles. The normalized spacial score (nSPS) is 16.0. The molecule has 0 atom stereocenters. The Morgan fingerprint density at radius 2 is 1.84 bits per heavy atom. The molecule has 0 unspecified atom stereocenters. The zero-order chi connectivity index (χ0) is 22.8. The summed E-state index contributed by atoms with van der Waals surface area (Å²) in [7, 11) is 0. The summed E-state index contributed by atoms with van der Waals surface area (Å²) >= 11 is 0. The molecule has 170 valence electrons. The topological polar surface area (TPSA) is 137 Å². The van der Waals surface area contributed by atoms with Gasteiger partial charge in [0.1, 0.15) is 23.0 Å². The van der Waals surface area contributed by atoms with Crippen molar-refractivity contribution < 1.29 is 33.0 Å². The van der Waals surface area contributed by atoms with Crippen LogP contribution in [0.15, 0.2) is 34.5 Å². The van der Waals surface area contributed by atoms with Crippen LogP contribution in [-0.2, 0) is 14.3 Å². The van der Waals surface area contributed by atoms with E-state index >= 15 is 0 Å². The summed E-state index contributed by atoms with van der Waals surface area (Å²) in [5.41, 5.74) is 10.6. The lowest BCUT2D eigenvalue weighted by atomic mass is 9.97. The lowest BCUT2D eigenvalue weighted by Crippen LogP contribution is -2.29. The smallest absolute Gasteiger partial charge is 0.344 e. The number of hydrogen-bond donors (Lipinski definition) is 3. The third-order valence-electron chi connectivity index (χ3n) is 4.90. The van der Waals surface area contributed by atoms with Gasteiger partial charge in [0.25, 0.3) is 0 Å². The van der Waals surface area contributed by atoms with Crippen molar-refractivity contribution in [1.29, 1.82) is 0 Å². The number of ketones is 1. The molecular formula is C21H27F2N3O5. The third kappa shape index (κ3) is 7.11. The minimum absolute atomic E-state index is 0.0654. The minimum Gasteiger partial charge on any atom is -0.454 e. The van der Waals surface area contributed by atoms with Crippen LogP contribution in [0.1, 0.15) is 36.0 Å². The first-order valence-corrected chi connectivity index (χ1v) is 9.97. The molecule has 1 aromatic carbocycles. The number of hydrogen-bond acceptors (Lipinski definition) is 7. The molecule has 1 aromatic rings. The van der Waals surface area contributed by atoms with E-state index in [1.54, 1.807) is 0 Å². The number of esters is 1. The highest BCUT2D eigenvalue weighted by molar-refractivity contribution is 6.19. The molecule has 0 aromatic heterocycles. The van der Waals surface area contributed by atoms with E-state index < -0.39 is 35.6 Å². The lowest BCUT2D eigenvalue weighted by Gasteiger charge is -2.21. The maximum absolute atomic E-state index is 13.7. The Morgan fingerprint density at radius 1 is 1.19 bits per heavy atom. The number of aliphatic hydroxyl groups excluding tert-OH is 1. The van der Waals surface area contributed by atoms with Crippen molar-refractivity contribution in [3.05, 3.63) is 46.7 Å². The molecule has 10 heteroatoms. The largest absolute Gasteiger partial charge is 0.454 e. The number of nitrogens with zero attached hydrogens (tertiary/aromatic N) is 1. The first-order chi connectivity index (χ1) is 14.8. The summed E-state index contributed by atoms with van der Waals surface area (Å²) < 4.78 is 37.7. The van der Waals surface area contributed by atoms with Gasteiger partial charge in [0.2, 0.25) is 5.78 Å². The van der Waals surface area contributed by atoms with Gasteiger partial charge in [-0.1, -0.05) is 6.07 Å². The molecule has 1 saturated heterocycles. The number of benzene rings is 1. The molecule has 5 N–H and O–H groups in total. The highest BCUT2D eigenvalue weighted by Gasteiger charge is 2.23. The van der Waals surface area contributed by atoms with Crippen LogP contribution >= 0.6 is 0 Å². The Morgan fingerprint density at radius 3 is 2.45 bits per heavy atom. The highest BCUT2D eigenvalue weighted by atomic mass is 19.1. The second kappa shape index (κ2) is 12.1. The van der Waals surface area contributed by atoms with Crippen molar-refractivity contribution in [1.82, 2.24) is 0 Å². The van der Waals surface area contributed by atoms with Crippen LogP contribution in [0.5, 0.6) is 0 Å². The molecule has 0 amide bonds. The van der Waals surface area contributed by atoms with Crippen molar-refractivity contribution in [3.8, 4) is 0 Å². The van der Waals surface area contributed by atoms with Gasteiger partial charge in [0.15, 0.2) is 6.61 Å². The molecule has 0 spiro atoms. The third-order valence-corrected chi connectivity index (χ3v) is 4.90. The van der Waals surface area contributed by atoms with Gasteiger partial charge >= 0.3 is 5.97 Å².